The smallest absolute Gasteiger partial charge is 0.245 e. The first-order valence-electron chi connectivity index (χ1n) is 13.2. The van der Waals surface area contributed by atoms with Crippen molar-refractivity contribution in [3.05, 3.63) is 0 Å². The van der Waals surface area contributed by atoms with Crippen LogP contribution in [0.15, 0.2) is 0 Å². The van der Waals surface area contributed by atoms with Crippen molar-refractivity contribution in [2.24, 2.45) is 0 Å². The third-order valence-electron chi connectivity index (χ3n) is 6.01. The Labute approximate surface area is 183 Å². The maximum absolute atomic E-state index is 12.0. The van der Waals surface area contributed by atoms with Crippen molar-refractivity contribution in [3.63, 3.8) is 0 Å². The summed E-state index contributed by atoms with van der Waals surface area (Å²) in [4.78, 5) is 12.0. The quantitative estimate of drug-likeness (QED) is 0.104. The Morgan fingerprint density at radius 2 is 0.828 bits per heavy atom. The summed E-state index contributed by atoms with van der Waals surface area (Å²) in [5, 5.41) is 10.9. The minimum absolute atomic E-state index is 0.0863. The molecule has 0 atom stereocenters. The fraction of sp³-hybridized carbons (Fsp3) is 0.962. The molecule has 3 heteroatoms. The van der Waals surface area contributed by atoms with Gasteiger partial charge in [0.15, 0.2) is 0 Å². The minimum Gasteiger partial charge on any atom is -0.286 e. The van der Waals surface area contributed by atoms with E-state index in [0.29, 0.717) is 13.0 Å². The molecule has 0 fully saturated rings. The Morgan fingerprint density at radius 3 is 1.21 bits per heavy atom. The summed E-state index contributed by atoms with van der Waals surface area (Å²) < 4.78 is 0. The second kappa shape index (κ2) is 23.7. The molecular formula is C26H53NO2. The van der Waals surface area contributed by atoms with E-state index in [2.05, 4.69) is 13.8 Å². The van der Waals surface area contributed by atoms with E-state index in [1.165, 1.54) is 109 Å². The van der Waals surface area contributed by atoms with Gasteiger partial charge in [0, 0.05) is 13.0 Å². The van der Waals surface area contributed by atoms with Crippen molar-refractivity contribution in [2.75, 3.05) is 6.54 Å². The van der Waals surface area contributed by atoms with Gasteiger partial charge in [-0.05, 0) is 12.8 Å². The third kappa shape index (κ3) is 21.9. The van der Waals surface area contributed by atoms with E-state index in [1.807, 2.05) is 0 Å². The Bertz CT molecular complexity index is 333. The molecular weight excluding hydrogens is 358 g/mol. The Hall–Kier alpha value is -0.570. The first-order chi connectivity index (χ1) is 14.2. The lowest BCUT2D eigenvalue weighted by Crippen LogP contribution is -2.28. The SMILES string of the molecule is CCCCCCCCCCCCCC(=O)N(O)CCCCCCCCCCCC. The van der Waals surface area contributed by atoms with Crippen LogP contribution in [-0.4, -0.2) is 22.7 Å². The van der Waals surface area contributed by atoms with Gasteiger partial charge in [0.05, 0.1) is 0 Å². The van der Waals surface area contributed by atoms with E-state index < -0.39 is 0 Å². The second-order valence-electron chi connectivity index (χ2n) is 8.98. The number of carbonyl (C=O) groups is 1. The average molecular weight is 412 g/mol. The molecule has 0 radical (unpaired) electrons. The highest BCUT2D eigenvalue weighted by molar-refractivity contribution is 5.74. The number of nitrogens with zero attached hydrogens (tertiary/aromatic N) is 1. The largest absolute Gasteiger partial charge is 0.286 e. The van der Waals surface area contributed by atoms with Crippen LogP contribution < -0.4 is 0 Å². The highest BCUT2D eigenvalue weighted by atomic mass is 16.5. The van der Waals surface area contributed by atoms with Crippen LogP contribution in [0.25, 0.3) is 0 Å². The van der Waals surface area contributed by atoms with Crippen LogP contribution in [0.1, 0.15) is 155 Å². The third-order valence-corrected chi connectivity index (χ3v) is 6.01. The maximum Gasteiger partial charge on any atom is 0.245 e. The summed E-state index contributed by atoms with van der Waals surface area (Å²) in [6.45, 7) is 5.03. The van der Waals surface area contributed by atoms with Gasteiger partial charge in [-0.1, -0.05) is 136 Å². The van der Waals surface area contributed by atoms with Gasteiger partial charge >= 0.3 is 0 Å². The number of hydroxylamine groups is 2. The Morgan fingerprint density at radius 1 is 0.517 bits per heavy atom. The molecule has 1 amide bonds. The zero-order chi connectivity index (χ0) is 21.4. The number of hydrogen-bond acceptors (Lipinski definition) is 2. The van der Waals surface area contributed by atoms with Gasteiger partial charge in [0.2, 0.25) is 5.91 Å². The molecule has 29 heavy (non-hydrogen) atoms. The van der Waals surface area contributed by atoms with Crippen LogP contribution in [-0.2, 0) is 4.79 Å². The molecule has 0 aliphatic rings. The molecule has 0 aromatic heterocycles. The topological polar surface area (TPSA) is 40.5 Å². The van der Waals surface area contributed by atoms with E-state index in [1.54, 1.807) is 0 Å². The second-order valence-corrected chi connectivity index (χ2v) is 8.98. The van der Waals surface area contributed by atoms with E-state index in [0.717, 1.165) is 30.7 Å². The normalized spacial score (nSPS) is 11.1. The van der Waals surface area contributed by atoms with Crippen LogP contribution in [0.3, 0.4) is 0 Å². The molecule has 0 spiro atoms. The molecule has 0 rings (SSSR count). The lowest BCUT2D eigenvalue weighted by molar-refractivity contribution is -0.165. The molecule has 0 heterocycles. The average Bonchev–Trinajstić information content (AvgIpc) is 2.73. The molecule has 0 aliphatic carbocycles. The zero-order valence-electron chi connectivity index (χ0n) is 20.1. The highest BCUT2D eigenvalue weighted by Gasteiger charge is 2.09. The molecule has 0 aliphatic heterocycles. The summed E-state index contributed by atoms with van der Waals surface area (Å²) in [6.07, 6.45) is 27.4. The number of unbranched alkanes of at least 4 members (excludes halogenated alkanes) is 19. The number of hydrogen-bond donors (Lipinski definition) is 1. The predicted octanol–water partition coefficient (Wildman–Crippen LogP) is 8.83. The van der Waals surface area contributed by atoms with Gasteiger partial charge in [0.25, 0.3) is 0 Å². The summed E-state index contributed by atoms with van der Waals surface area (Å²) in [6, 6.07) is 0. The minimum atomic E-state index is -0.0863. The molecule has 0 aromatic carbocycles. The molecule has 3 nitrogen and oxygen atoms in total. The van der Waals surface area contributed by atoms with Gasteiger partial charge in [-0.15, -0.1) is 0 Å². The summed E-state index contributed by atoms with van der Waals surface area (Å²) in [5.74, 6) is -0.0863. The standard InChI is InChI=1S/C26H53NO2/c1-3-5-7-9-11-13-15-16-18-20-22-24-26(28)27(29)25-23-21-19-17-14-12-10-8-6-4-2/h29H,3-25H2,1-2H3. The van der Waals surface area contributed by atoms with Crippen molar-refractivity contribution in [2.45, 2.75) is 155 Å². The van der Waals surface area contributed by atoms with Gasteiger partial charge in [0.1, 0.15) is 0 Å². The summed E-state index contributed by atoms with van der Waals surface area (Å²) in [7, 11) is 0. The van der Waals surface area contributed by atoms with Crippen molar-refractivity contribution in [3.8, 4) is 0 Å². The predicted molar refractivity (Wildman–Crippen MR) is 126 cm³/mol. The zero-order valence-corrected chi connectivity index (χ0v) is 20.1. The molecule has 0 aromatic rings. The highest BCUT2D eigenvalue weighted by Crippen LogP contribution is 2.13. The lowest BCUT2D eigenvalue weighted by Gasteiger charge is -2.14. The van der Waals surface area contributed by atoms with Crippen molar-refractivity contribution < 1.29 is 10.0 Å². The van der Waals surface area contributed by atoms with Crippen LogP contribution >= 0.6 is 0 Å². The molecule has 0 unspecified atom stereocenters. The fourth-order valence-electron chi connectivity index (χ4n) is 3.94. The van der Waals surface area contributed by atoms with Crippen molar-refractivity contribution in [1.29, 1.82) is 0 Å². The number of amides is 1. The van der Waals surface area contributed by atoms with Gasteiger partial charge in [-0.3, -0.25) is 10.0 Å². The van der Waals surface area contributed by atoms with Gasteiger partial charge < -0.3 is 0 Å². The van der Waals surface area contributed by atoms with E-state index >= 15 is 0 Å². The first kappa shape index (κ1) is 28.4. The molecule has 1 N–H and O–H groups in total. The molecule has 0 saturated heterocycles. The Kier molecular flexibility index (Phi) is 23.2. The van der Waals surface area contributed by atoms with E-state index in [4.69, 9.17) is 0 Å². The first-order valence-corrected chi connectivity index (χ1v) is 13.2. The van der Waals surface area contributed by atoms with E-state index in [-0.39, 0.29) is 5.91 Å². The number of carbonyl (C=O) groups excluding carboxylic acids is 1. The van der Waals surface area contributed by atoms with Crippen LogP contribution in [0, 0.1) is 0 Å². The lowest BCUT2D eigenvalue weighted by atomic mass is 10.1. The molecule has 0 bridgehead atoms. The van der Waals surface area contributed by atoms with Crippen LogP contribution in [0.4, 0.5) is 0 Å². The molecule has 174 valence electrons. The molecule has 0 saturated carbocycles. The summed E-state index contributed by atoms with van der Waals surface area (Å²) in [5.41, 5.74) is 0. The van der Waals surface area contributed by atoms with E-state index in [9.17, 15) is 10.0 Å². The Balaban J connectivity index is 3.31. The van der Waals surface area contributed by atoms with Gasteiger partial charge in [-0.25, -0.2) is 5.06 Å². The van der Waals surface area contributed by atoms with Gasteiger partial charge in [-0.2, -0.15) is 0 Å². The van der Waals surface area contributed by atoms with Crippen LogP contribution in [0.5, 0.6) is 0 Å². The number of rotatable bonds is 23. The summed E-state index contributed by atoms with van der Waals surface area (Å²) >= 11 is 0. The van der Waals surface area contributed by atoms with Crippen molar-refractivity contribution in [1.82, 2.24) is 5.06 Å². The van der Waals surface area contributed by atoms with Crippen molar-refractivity contribution >= 4 is 5.91 Å². The monoisotopic (exact) mass is 411 g/mol. The van der Waals surface area contributed by atoms with Crippen LogP contribution in [0.2, 0.25) is 0 Å². The maximum atomic E-state index is 12.0. The fourth-order valence-corrected chi connectivity index (χ4v) is 3.94.